The molecule has 0 bridgehead atoms. The zero-order valence-corrected chi connectivity index (χ0v) is 8.61. The van der Waals surface area contributed by atoms with Crippen LogP contribution >= 0.6 is 0 Å². The smallest absolute Gasteiger partial charge is 0.310 e. The lowest BCUT2D eigenvalue weighted by Gasteiger charge is -2.05. The Bertz CT molecular complexity index is 516. The number of imidazole rings is 1. The van der Waals surface area contributed by atoms with Crippen molar-refractivity contribution in [2.75, 3.05) is 0 Å². The Morgan fingerprint density at radius 2 is 2.27 bits per heavy atom. The highest BCUT2D eigenvalue weighted by Gasteiger charge is 2.14. The van der Waals surface area contributed by atoms with Gasteiger partial charge in [0.2, 0.25) is 0 Å². The van der Waals surface area contributed by atoms with Crippen molar-refractivity contribution >= 4 is 17.0 Å². The number of nitrogens with one attached hydrogen (secondary N) is 1. The minimum absolute atomic E-state index is 0.488. The molecule has 0 saturated heterocycles. The van der Waals surface area contributed by atoms with E-state index in [-0.39, 0.29) is 0 Å². The minimum atomic E-state index is -0.814. The van der Waals surface area contributed by atoms with Gasteiger partial charge in [0.1, 0.15) is 5.82 Å². The fraction of sp³-hybridized carbons (Fsp3) is 0.273. The Kier molecular flexibility index (Phi) is 2.19. The van der Waals surface area contributed by atoms with Gasteiger partial charge in [-0.05, 0) is 31.5 Å². The van der Waals surface area contributed by atoms with Gasteiger partial charge in [-0.1, -0.05) is 6.07 Å². The van der Waals surface area contributed by atoms with Gasteiger partial charge in [0, 0.05) is 0 Å². The number of rotatable bonds is 2. The lowest BCUT2D eigenvalue weighted by atomic mass is 10.0. The summed E-state index contributed by atoms with van der Waals surface area (Å²) in [6.45, 7) is 3.55. The highest BCUT2D eigenvalue weighted by atomic mass is 16.4. The van der Waals surface area contributed by atoms with Crippen molar-refractivity contribution in [3.8, 4) is 0 Å². The van der Waals surface area contributed by atoms with Crippen LogP contribution in [0.5, 0.6) is 0 Å². The molecule has 2 rings (SSSR count). The molecule has 78 valence electrons. The first-order valence-electron chi connectivity index (χ1n) is 4.77. The Labute approximate surface area is 87.0 Å². The maximum atomic E-state index is 10.8. The Hall–Kier alpha value is -1.84. The SMILES string of the molecule is Cc1nc2ccc(C(C)C(=O)O)cc2[nH]1. The summed E-state index contributed by atoms with van der Waals surface area (Å²) in [5.74, 6) is -0.464. The second-order valence-corrected chi connectivity index (χ2v) is 3.66. The second-order valence-electron chi connectivity index (χ2n) is 3.66. The number of aromatic nitrogens is 2. The summed E-state index contributed by atoms with van der Waals surface area (Å²) in [5.41, 5.74) is 2.55. The normalized spacial score (nSPS) is 12.9. The molecule has 0 amide bonds. The van der Waals surface area contributed by atoms with E-state index in [1.54, 1.807) is 13.0 Å². The average molecular weight is 204 g/mol. The van der Waals surface area contributed by atoms with E-state index in [0.717, 1.165) is 22.4 Å². The quantitative estimate of drug-likeness (QED) is 0.786. The van der Waals surface area contributed by atoms with E-state index < -0.39 is 11.9 Å². The van der Waals surface area contributed by atoms with Gasteiger partial charge in [-0.15, -0.1) is 0 Å². The first kappa shape index (κ1) is 9.71. The van der Waals surface area contributed by atoms with E-state index in [2.05, 4.69) is 9.97 Å². The third-order valence-corrected chi connectivity index (χ3v) is 2.49. The summed E-state index contributed by atoms with van der Waals surface area (Å²) in [5, 5.41) is 8.89. The second kappa shape index (κ2) is 3.38. The number of carbonyl (C=O) groups is 1. The van der Waals surface area contributed by atoms with Crippen molar-refractivity contribution in [1.29, 1.82) is 0 Å². The molecule has 0 fully saturated rings. The zero-order chi connectivity index (χ0) is 11.0. The lowest BCUT2D eigenvalue weighted by Crippen LogP contribution is -2.06. The maximum absolute atomic E-state index is 10.8. The van der Waals surface area contributed by atoms with Gasteiger partial charge in [0.05, 0.1) is 17.0 Å². The van der Waals surface area contributed by atoms with Gasteiger partial charge in [-0.2, -0.15) is 0 Å². The van der Waals surface area contributed by atoms with Gasteiger partial charge in [0.25, 0.3) is 0 Å². The number of carboxylic acid groups (broad SMARTS) is 1. The molecule has 0 spiro atoms. The van der Waals surface area contributed by atoms with Gasteiger partial charge >= 0.3 is 5.97 Å². The van der Waals surface area contributed by atoms with Crippen LogP contribution in [0, 0.1) is 6.92 Å². The summed E-state index contributed by atoms with van der Waals surface area (Å²) in [6, 6.07) is 5.49. The van der Waals surface area contributed by atoms with E-state index in [1.165, 1.54) is 0 Å². The molecule has 0 aliphatic carbocycles. The van der Waals surface area contributed by atoms with E-state index >= 15 is 0 Å². The first-order valence-corrected chi connectivity index (χ1v) is 4.77. The molecule has 15 heavy (non-hydrogen) atoms. The molecule has 0 saturated carbocycles. The molecule has 1 aromatic heterocycles. The summed E-state index contributed by atoms with van der Waals surface area (Å²) in [7, 11) is 0. The fourth-order valence-corrected chi connectivity index (χ4v) is 1.57. The van der Waals surface area contributed by atoms with E-state index in [0.29, 0.717) is 0 Å². The van der Waals surface area contributed by atoms with Gasteiger partial charge in [0.15, 0.2) is 0 Å². The first-order chi connectivity index (χ1) is 7.08. The highest BCUT2D eigenvalue weighted by Crippen LogP contribution is 2.20. The van der Waals surface area contributed by atoms with Crippen molar-refractivity contribution in [3.05, 3.63) is 29.6 Å². The Balaban J connectivity index is 2.50. The van der Waals surface area contributed by atoms with Crippen LogP contribution in [0.4, 0.5) is 0 Å². The zero-order valence-electron chi connectivity index (χ0n) is 8.61. The number of benzene rings is 1. The van der Waals surface area contributed by atoms with Crippen LogP contribution in [0.15, 0.2) is 18.2 Å². The molecular weight excluding hydrogens is 192 g/mol. The van der Waals surface area contributed by atoms with Crippen molar-refractivity contribution < 1.29 is 9.90 Å². The number of aryl methyl sites for hydroxylation is 1. The molecular formula is C11H12N2O2. The molecule has 0 aliphatic heterocycles. The highest BCUT2D eigenvalue weighted by molar-refractivity contribution is 5.80. The predicted octanol–water partition coefficient (Wildman–Crippen LogP) is 2.06. The molecule has 1 atom stereocenters. The summed E-state index contributed by atoms with van der Waals surface area (Å²) in [6.07, 6.45) is 0. The van der Waals surface area contributed by atoms with Crippen LogP contribution in [0.25, 0.3) is 11.0 Å². The number of nitrogens with zero attached hydrogens (tertiary/aromatic N) is 1. The Morgan fingerprint density at radius 3 is 2.93 bits per heavy atom. The largest absolute Gasteiger partial charge is 0.481 e. The van der Waals surface area contributed by atoms with Crippen molar-refractivity contribution in [3.63, 3.8) is 0 Å². The van der Waals surface area contributed by atoms with Gasteiger partial charge in [-0.3, -0.25) is 4.79 Å². The van der Waals surface area contributed by atoms with Gasteiger partial charge in [-0.25, -0.2) is 4.98 Å². The topological polar surface area (TPSA) is 66.0 Å². The third kappa shape index (κ3) is 1.70. The van der Waals surface area contributed by atoms with Crippen LogP contribution in [0.1, 0.15) is 24.2 Å². The number of hydrogen-bond donors (Lipinski definition) is 2. The predicted molar refractivity (Wildman–Crippen MR) is 56.9 cm³/mol. The monoisotopic (exact) mass is 204 g/mol. The third-order valence-electron chi connectivity index (χ3n) is 2.49. The number of fused-ring (bicyclic) bond motifs is 1. The minimum Gasteiger partial charge on any atom is -0.481 e. The summed E-state index contributed by atoms with van der Waals surface area (Å²) >= 11 is 0. The van der Waals surface area contributed by atoms with Crippen LogP contribution in [-0.4, -0.2) is 21.0 Å². The molecule has 1 unspecified atom stereocenters. The van der Waals surface area contributed by atoms with E-state index in [1.807, 2.05) is 19.1 Å². The number of aliphatic carboxylic acids is 1. The number of H-pyrrole nitrogens is 1. The molecule has 0 aliphatic rings. The van der Waals surface area contributed by atoms with Crippen molar-refractivity contribution in [1.82, 2.24) is 9.97 Å². The molecule has 4 nitrogen and oxygen atoms in total. The molecule has 2 aromatic rings. The maximum Gasteiger partial charge on any atom is 0.310 e. The molecule has 1 aromatic carbocycles. The average Bonchev–Trinajstić information content (AvgIpc) is 2.55. The standard InChI is InChI=1S/C11H12N2O2/c1-6(11(14)15)8-3-4-9-10(5-8)13-7(2)12-9/h3-6H,1-2H3,(H,12,13)(H,14,15). The van der Waals surface area contributed by atoms with Crippen molar-refractivity contribution in [2.24, 2.45) is 0 Å². The summed E-state index contributed by atoms with van der Waals surface area (Å²) in [4.78, 5) is 18.2. The molecule has 0 radical (unpaired) electrons. The Morgan fingerprint density at radius 1 is 1.53 bits per heavy atom. The lowest BCUT2D eigenvalue weighted by molar-refractivity contribution is -0.138. The number of aromatic amines is 1. The van der Waals surface area contributed by atoms with Crippen LogP contribution in [-0.2, 0) is 4.79 Å². The fourth-order valence-electron chi connectivity index (χ4n) is 1.57. The number of carboxylic acids is 1. The van der Waals surface area contributed by atoms with Crippen LogP contribution < -0.4 is 0 Å². The van der Waals surface area contributed by atoms with Gasteiger partial charge < -0.3 is 10.1 Å². The van der Waals surface area contributed by atoms with Crippen molar-refractivity contribution in [2.45, 2.75) is 19.8 Å². The molecule has 4 heteroatoms. The summed E-state index contributed by atoms with van der Waals surface area (Å²) < 4.78 is 0. The van der Waals surface area contributed by atoms with E-state index in [4.69, 9.17) is 5.11 Å². The van der Waals surface area contributed by atoms with Crippen LogP contribution in [0.2, 0.25) is 0 Å². The van der Waals surface area contributed by atoms with Crippen LogP contribution in [0.3, 0.4) is 0 Å². The number of hydrogen-bond acceptors (Lipinski definition) is 2. The van der Waals surface area contributed by atoms with E-state index in [9.17, 15) is 4.79 Å². The molecule has 1 heterocycles. The molecule has 2 N–H and O–H groups in total.